The molecule has 8 heteroatoms. The van der Waals surface area contributed by atoms with Crippen LogP contribution in [-0.2, 0) is 14.8 Å². The highest BCUT2D eigenvalue weighted by Crippen LogP contribution is 2.22. The lowest BCUT2D eigenvalue weighted by Crippen LogP contribution is -2.48. The number of hydrogen-bond acceptors (Lipinski definition) is 5. The van der Waals surface area contributed by atoms with Gasteiger partial charge in [0, 0.05) is 18.8 Å². The standard InChI is InChI=1S/C17H20N2O5S/c1-12-9-19(10-13(2)24-12)25(21,22)16-5-3-15(4-6-16)18-17(20)14-7-8-23-11-14/h3-8,11-13H,9-10H2,1-2H3,(H,18,20). The van der Waals surface area contributed by atoms with Gasteiger partial charge in [-0.3, -0.25) is 4.79 Å². The first-order chi connectivity index (χ1) is 11.9. The van der Waals surface area contributed by atoms with E-state index in [0.29, 0.717) is 24.3 Å². The minimum atomic E-state index is -3.59. The number of morpholine rings is 1. The second-order valence-corrected chi connectivity index (χ2v) is 8.01. The van der Waals surface area contributed by atoms with Crippen molar-refractivity contribution in [3.05, 3.63) is 48.4 Å². The van der Waals surface area contributed by atoms with Crippen LogP contribution in [0.25, 0.3) is 0 Å². The molecule has 0 saturated carbocycles. The van der Waals surface area contributed by atoms with Gasteiger partial charge in [-0.25, -0.2) is 8.42 Å². The number of nitrogens with zero attached hydrogens (tertiary/aromatic N) is 1. The van der Waals surface area contributed by atoms with E-state index in [2.05, 4.69) is 5.32 Å². The third-order valence-corrected chi connectivity index (χ3v) is 5.77. The Hall–Kier alpha value is -2.16. The third kappa shape index (κ3) is 3.92. The molecule has 1 aliphatic heterocycles. The van der Waals surface area contributed by atoms with Crippen molar-refractivity contribution in [2.24, 2.45) is 0 Å². The summed E-state index contributed by atoms with van der Waals surface area (Å²) >= 11 is 0. The van der Waals surface area contributed by atoms with Crippen LogP contribution in [0.5, 0.6) is 0 Å². The van der Waals surface area contributed by atoms with Crippen LogP contribution in [0.2, 0.25) is 0 Å². The van der Waals surface area contributed by atoms with Gasteiger partial charge in [0.2, 0.25) is 10.0 Å². The SMILES string of the molecule is CC1CN(S(=O)(=O)c2ccc(NC(=O)c3ccoc3)cc2)CC(C)O1. The molecule has 2 unspecified atom stereocenters. The molecule has 2 heterocycles. The number of hydrogen-bond donors (Lipinski definition) is 1. The second kappa shape index (κ2) is 6.99. The molecule has 1 amide bonds. The summed E-state index contributed by atoms with van der Waals surface area (Å²) in [5.74, 6) is -0.319. The van der Waals surface area contributed by atoms with Gasteiger partial charge in [0.25, 0.3) is 5.91 Å². The van der Waals surface area contributed by atoms with E-state index in [-0.39, 0.29) is 23.0 Å². The molecular weight excluding hydrogens is 344 g/mol. The highest BCUT2D eigenvalue weighted by molar-refractivity contribution is 7.89. The monoisotopic (exact) mass is 364 g/mol. The summed E-state index contributed by atoms with van der Waals surface area (Å²) in [6, 6.07) is 7.67. The van der Waals surface area contributed by atoms with Crippen molar-refractivity contribution in [3.63, 3.8) is 0 Å². The predicted molar refractivity (Wildman–Crippen MR) is 91.9 cm³/mol. The Morgan fingerprint density at radius 3 is 2.32 bits per heavy atom. The van der Waals surface area contributed by atoms with E-state index in [9.17, 15) is 13.2 Å². The number of ether oxygens (including phenoxy) is 1. The predicted octanol–water partition coefficient (Wildman–Crippen LogP) is 2.33. The van der Waals surface area contributed by atoms with Crippen LogP contribution in [0.15, 0.2) is 52.2 Å². The van der Waals surface area contributed by atoms with E-state index in [1.807, 2.05) is 13.8 Å². The van der Waals surface area contributed by atoms with Crippen molar-refractivity contribution in [3.8, 4) is 0 Å². The molecule has 2 atom stereocenters. The minimum Gasteiger partial charge on any atom is -0.472 e. The Morgan fingerprint density at radius 2 is 1.76 bits per heavy atom. The second-order valence-electron chi connectivity index (χ2n) is 6.07. The molecule has 7 nitrogen and oxygen atoms in total. The maximum Gasteiger partial charge on any atom is 0.258 e. The van der Waals surface area contributed by atoms with Crippen LogP contribution in [0.4, 0.5) is 5.69 Å². The maximum absolute atomic E-state index is 12.8. The number of furan rings is 1. The van der Waals surface area contributed by atoms with Gasteiger partial charge in [0.05, 0.1) is 28.9 Å². The van der Waals surface area contributed by atoms with Gasteiger partial charge in [0.15, 0.2) is 0 Å². The van der Waals surface area contributed by atoms with E-state index in [1.54, 1.807) is 18.2 Å². The molecule has 1 aromatic carbocycles. The molecule has 0 aliphatic carbocycles. The number of nitrogens with one attached hydrogen (secondary N) is 1. The molecular formula is C17H20N2O5S. The van der Waals surface area contributed by atoms with Crippen LogP contribution < -0.4 is 5.32 Å². The first kappa shape index (κ1) is 17.7. The Labute approximate surface area is 146 Å². The van der Waals surface area contributed by atoms with Gasteiger partial charge >= 0.3 is 0 Å². The molecule has 0 bridgehead atoms. The molecule has 3 rings (SSSR count). The molecule has 1 aliphatic rings. The average molecular weight is 364 g/mol. The van der Waals surface area contributed by atoms with Gasteiger partial charge in [-0.2, -0.15) is 4.31 Å². The fraction of sp³-hybridized carbons (Fsp3) is 0.353. The lowest BCUT2D eigenvalue weighted by Gasteiger charge is -2.34. The number of sulfonamides is 1. The van der Waals surface area contributed by atoms with Gasteiger partial charge < -0.3 is 14.5 Å². The summed E-state index contributed by atoms with van der Waals surface area (Å²) in [6.07, 6.45) is 2.46. The van der Waals surface area contributed by atoms with Gasteiger partial charge in [0.1, 0.15) is 6.26 Å². The quantitative estimate of drug-likeness (QED) is 0.899. The van der Waals surface area contributed by atoms with Crippen molar-refractivity contribution >= 4 is 21.6 Å². The van der Waals surface area contributed by atoms with E-state index in [1.165, 1.54) is 29.0 Å². The number of anilines is 1. The smallest absolute Gasteiger partial charge is 0.258 e. The zero-order valence-corrected chi connectivity index (χ0v) is 14.8. The van der Waals surface area contributed by atoms with Crippen LogP contribution in [0, 0.1) is 0 Å². The van der Waals surface area contributed by atoms with Crippen molar-refractivity contribution in [1.82, 2.24) is 4.31 Å². The normalized spacial score (nSPS) is 21.8. The van der Waals surface area contributed by atoms with Crippen LogP contribution >= 0.6 is 0 Å². The number of rotatable bonds is 4. The van der Waals surface area contributed by atoms with Crippen LogP contribution in [-0.4, -0.2) is 43.9 Å². The first-order valence-corrected chi connectivity index (χ1v) is 9.39. The number of benzene rings is 1. The van der Waals surface area contributed by atoms with Crippen LogP contribution in [0.1, 0.15) is 24.2 Å². The largest absolute Gasteiger partial charge is 0.472 e. The number of amides is 1. The van der Waals surface area contributed by atoms with E-state index in [4.69, 9.17) is 9.15 Å². The summed E-state index contributed by atoms with van der Waals surface area (Å²) < 4.78 is 37.4. The Bertz CT molecular complexity index is 820. The molecule has 134 valence electrons. The molecule has 1 N–H and O–H groups in total. The minimum absolute atomic E-state index is 0.146. The number of carbonyl (C=O) groups is 1. The van der Waals surface area contributed by atoms with E-state index in [0.717, 1.165) is 0 Å². The molecule has 0 spiro atoms. The maximum atomic E-state index is 12.8. The van der Waals surface area contributed by atoms with Gasteiger partial charge in [-0.05, 0) is 44.2 Å². The summed E-state index contributed by atoms with van der Waals surface area (Å²) in [5.41, 5.74) is 0.904. The van der Waals surface area contributed by atoms with E-state index >= 15 is 0 Å². The molecule has 1 aromatic heterocycles. The Morgan fingerprint density at radius 1 is 1.12 bits per heavy atom. The van der Waals surface area contributed by atoms with Crippen molar-refractivity contribution < 1.29 is 22.4 Å². The summed E-state index contributed by atoms with van der Waals surface area (Å²) in [4.78, 5) is 12.2. The first-order valence-electron chi connectivity index (χ1n) is 7.95. The zero-order valence-electron chi connectivity index (χ0n) is 14.0. The number of carbonyl (C=O) groups excluding carboxylic acids is 1. The van der Waals surface area contributed by atoms with Crippen LogP contribution in [0.3, 0.4) is 0 Å². The summed E-state index contributed by atoms with van der Waals surface area (Å²) in [5, 5.41) is 2.69. The van der Waals surface area contributed by atoms with Crippen molar-refractivity contribution in [2.75, 3.05) is 18.4 Å². The summed E-state index contributed by atoms with van der Waals surface area (Å²) in [7, 11) is -3.59. The summed E-state index contributed by atoms with van der Waals surface area (Å²) in [6.45, 7) is 4.36. The lowest BCUT2D eigenvalue weighted by atomic mass is 10.3. The fourth-order valence-corrected chi connectivity index (χ4v) is 4.37. The lowest BCUT2D eigenvalue weighted by molar-refractivity contribution is -0.0440. The molecule has 2 aromatic rings. The van der Waals surface area contributed by atoms with Crippen molar-refractivity contribution in [1.29, 1.82) is 0 Å². The molecule has 0 radical (unpaired) electrons. The highest BCUT2D eigenvalue weighted by Gasteiger charge is 2.32. The molecule has 1 saturated heterocycles. The Balaban J connectivity index is 1.74. The average Bonchev–Trinajstić information content (AvgIpc) is 3.09. The zero-order chi connectivity index (χ0) is 18.0. The van der Waals surface area contributed by atoms with E-state index < -0.39 is 10.0 Å². The molecule has 1 fully saturated rings. The van der Waals surface area contributed by atoms with Gasteiger partial charge in [-0.15, -0.1) is 0 Å². The topological polar surface area (TPSA) is 88.9 Å². The van der Waals surface area contributed by atoms with Gasteiger partial charge in [-0.1, -0.05) is 0 Å². The third-order valence-electron chi connectivity index (χ3n) is 3.92. The highest BCUT2D eigenvalue weighted by atomic mass is 32.2. The van der Waals surface area contributed by atoms with Crippen molar-refractivity contribution in [2.45, 2.75) is 31.0 Å². The molecule has 25 heavy (non-hydrogen) atoms. The Kier molecular flexibility index (Phi) is 4.94. The fourth-order valence-electron chi connectivity index (χ4n) is 2.78.